The number of piperidine rings is 1. The molecule has 0 radical (unpaired) electrons. The predicted octanol–water partition coefficient (Wildman–Crippen LogP) is 2.61. The van der Waals surface area contributed by atoms with Crippen LogP contribution in [0.5, 0.6) is 0 Å². The van der Waals surface area contributed by atoms with Crippen LogP contribution in [0.25, 0.3) is 10.9 Å². The molecule has 1 N–H and O–H groups in total. The van der Waals surface area contributed by atoms with Crippen molar-refractivity contribution in [2.45, 2.75) is 37.3 Å². The third-order valence-corrected chi connectivity index (χ3v) is 6.00. The Morgan fingerprint density at radius 1 is 1.33 bits per heavy atom. The smallest absolute Gasteiger partial charge is 0.116 e. The summed E-state index contributed by atoms with van der Waals surface area (Å²) in [6, 6.07) is 4.07. The molecule has 6 heteroatoms. The molecule has 3 heterocycles. The third kappa shape index (κ3) is 2.69. The second-order valence-corrected chi connectivity index (χ2v) is 7.51. The van der Waals surface area contributed by atoms with Gasteiger partial charge in [-0.3, -0.25) is 4.90 Å². The van der Waals surface area contributed by atoms with Gasteiger partial charge in [0.1, 0.15) is 6.33 Å². The lowest BCUT2D eigenvalue weighted by atomic mass is 9.85. The molecule has 0 saturated carbocycles. The summed E-state index contributed by atoms with van der Waals surface area (Å²) in [4.78, 5) is 10.8. The van der Waals surface area contributed by atoms with Crippen molar-refractivity contribution >= 4 is 22.5 Å². The van der Waals surface area contributed by atoms with E-state index in [4.69, 9.17) is 16.3 Å². The fourth-order valence-corrected chi connectivity index (χ4v) is 4.31. The lowest BCUT2D eigenvalue weighted by Crippen LogP contribution is -2.56. The quantitative estimate of drug-likeness (QED) is 0.905. The fourth-order valence-electron chi connectivity index (χ4n) is 3.99. The van der Waals surface area contributed by atoms with E-state index in [1.807, 2.05) is 6.07 Å². The number of likely N-dealkylation sites (tertiary alicyclic amines) is 1. The van der Waals surface area contributed by atoms with Crippen LogP contribution in [-0.4, -0.2) is 57.9 Å². The van der Waals surface area contributed by atoms with Crippen LogP contribution in [0.2, 0.25) is 5.02 Å². The maximum Gasteiger partial charge on any atom is 0.116 e. The summed E-state index contributed by atoms with van der Waals surface area (Å²) >= 11 is 6.52. The number of hydrogen-bond acceptors (Lipinski definition) is 5. The summed E-state index contributed by atoms with van der Waals surface area (Å²) in [5.41, 5.74) is 1.86. The van der Waals surface area contributed by atoms with E-state index in [9.17, 15) is 5.11 Å². The maximum absolute atomic E-state index is 10.2. The highest BCUT2D eigenvalue weighted by Gasteiger charge is 2.44. The lowest BCUT2D eigenvalue weighted by molar-refractivity contribution is -0.00211. The first-order chi connectivity index (χ1) is 11.6. The Morgan fingerprint density at radius 3 is 2.83 bits per heavy atom. The molecule has 2 aliphatic rings. The number of aliphatic hydroxyl groups is 1. The van der Waals surface area contributed by atoms with Crippen molar-refractivity contribution in [1.29, 1.82) is 0 Å². The summed E-state index contributed by atoms with van der Waals surface area (Å²) in [6.45, 7) is 5.03. The van der Waals surface area contributed by atoms with Gasteiger partial charge in [-0.25, -0.2) is 9.97 Å². The van der Waals surface area contributed by atoms with Crippen LogP contribution in [0, 0.1) is 0 Å². The number of hydrogen-bond donors (Lipinski definition) is 1. The van der Waals surface area contributed by atoms with E-state index >= 15 is 0 Å². The zero-order valence-electron chi connectivity index (χ0n) is 13.8. The Morgan fingerprint density at radius 2 is 2.12 bits per heavy atom. The number of ether oxygens (including phenoxy) is 1. The third-order valence-electron chi connectivity index (χ3n) is 5.67. The summed E-state index contributed by atoms with van der Waals surface area (Å²) in [7, 11) is 0. The van der Waals surface area contributed by atoms with Gasteiger partial charge in [0.15, 0.2) is 0 Å². The van der Waals surface area contributed by atoms with Crippen molar-refractivity contribution in [2.75, 3.05) is 26.3 Å². The van der Waals surface area contributed by atoms with Crippen LogP contribution in [0.4, 0.5) is 0 Å². The number of benzene rings is 1. The standard InChI is InChI=1S/C18H22ClN3O2/c1-18(10-24-9-17(18)23)22-4-2-12(3-5-22)14-7-16-13(6-15(14)19)8-20-11-21-16/h6-8,11-12,17,23H,2-5,9-10H2,1H3. The maximum atomic E-state index is 10.2. The molecule has 0 bridgehead atoms. The second kappa shape index (κ2) is 6.23. The highest BCUT2D eigenvalue weighted by molar-refractivity contribution is 6.32. The molecule has 1 aromatic heterocycles. The minimum absolute atomic E-state index is 0.259. The molecule has 0 spiro atoms. The first-order valence-corrected chi connectivity index (χ1v) is 8.86. The molecule has 4 rings (SSSR count). The van der Waals surface area contributed by atoms with Gasteiger partial charge in [0, 0.05) is 16.6 Å². The van der Waals surface area contributed by atoms with E-state index < -0.39 is 6.10 Å². The average molecular weight is 348 g/mol. The fraction of sp³-hybridized carbons (Fsp3) is 0.556. The number of aliphatic hydroxyl groups excluding tert-OH is 1. The Kier molecular flexibility index (Phi) is 4.21. The highest BCUT2D eigenvalue weighted by atomic mass is 35.5. The number of nitrogens with zero attached hydrogens (tertiary/aromatic N) is 3. The molecule has 2 atom stereocenters. The first kappa shape index (κ1) is 16.2. The van der Waals surface area contributed by atoms with E-state index in [2.05, 4.69) is 27.9 Å². The zero-order valence-corrected chi connectivity index (χ0v) is 14.5. The van der Waals surface area contributed by atoms with Gasteiger partial charge in [-0.1, -0.05) is 11.6 Å². The van der Waals surface area contributed by atoms with Crippen molar-refractivity contribution in [3.8, 4) is 0 Å². The normalized spacial score (nSPS) is 29.4. The summed E-state index contributed by atoms with van der Waals surface area (Å²) in [5.74, 6) is 0.427. The van der Waals surface area contributed by atoms with Crippen LogP contribution in [0.1, 0.15) is 31.2 Å². The van der Waals surface area contributed by atoms with E-state index in [0.29, 0.717) is 19.1 Å². The van der Waals surface area contributed by atoms with E-state index in [0.717, 1.165) is 41.9 Å². The summed E-state index contributed by atoms with van der Waals surface area (Å²) in [5, 5.41) is 12.0. The molecular formula is C18H22ClN3O2. The molecule has 2 fully saturated rings. The Hall–Kier alpha value is -1.27. The number of rotatable bonds is 2. The van der Waals surface area contributed by atoms with E-state index in [1.54, 1.807) is 12.5 Å². The van der Waals surface area contributed by atoms with Crippen LogP contribution >= 0.6 is 11.6 Å². The Balaban J connectivity index is 1.53. The predicted molar refractivity (Wildman–Crippen MR) is 93.3 cm³/mol. The SMILES string of the molecule is CC1(N2CCC(c3cc4ncncc4cc3Cl)CC2)COCC1O. The molecule has 0 aliphatic carbocycles. The van der Waals surface area contributed by atoms with Gasteiger partial charge in [0.05, 0.1) is 30.4 Å². The second-order valence-electron chi connectivity index (χ2n) is 7.10. The molecule has 2 unspecified atom stereocenters. The van der Waals surface area contributed by atoms with Crippen molar-refractivity contribution in [3.05, 3.63) is 35.2 Å². The van der Waals surface area contributed by atoms with Gasteiger partial charge < -0.3 is 9.84 Å². The topological polar surface area (TPSA) is 58.5 Å². The van der Waals surface area contributed by atoms with Crippen molar-refractivity contribution in [2.24, 2.45) is 0 Å². The van der Waals surface area contributed by atoms with Gasteiger partial charge in [-0.15, -0.1) is 0 Å². The van der Waals surface area contributed by atoms with Crippen LogP contribution in [0.3, 0.4) is 0 Å². The molecule has 2 saturated heterocycles. The van der Waals surface area contributed by atoms with Crippen LogP contribution < -0.4 is 0 Å². The first-order valence-electron chi connectivity index (χ1n) is 8.48. The van der Waals surface area contributed by atoms with E-state index in [-0.39, 0.29) is 5.54 Å². The molecule has 1 aromatic carbocycles. The monoisotopic (exact) mass is 347 g/mol. The summed E-state index contributed by atoms with van der Waals surface area (Å²) < 4.78 is 5.48. The highest BCUT2D eigenvalue weighted by Crippen LogP contribution is 2.38. The van der Waals surface area contributed by atoms with Gasteiger partial charge in [-0.05, 0) is 56.5 Å². The molecule has 2 aromatic rings. The van der Waals surface area contributed by atoms with Gasteiger partial charge >= 0.3 is 0 Å². The van der Waals surface area contributed by atoms with Crippen LogP contribution in [0.15, 0.2) is 24.7 Å². The molecule has 128 valence electrons. The molecule has 24 heavy (non-hydrogen) atoms. The van der Waals surface area contributed by atoms with Gasteiger partial charge in [-0.2, -0.15) is 0 Å². The van der Waals surface area contributed by atoms with Gasteiger partial charge in [0.25, 0.3) is 0 Å². The minimum Gasteiger partial charge on any atom is -0.389 e. The Bertz CT molecular complexity index is 748. The molecule has 0 amide bonds. The minimum atomic E-state index is -0.407. The van der Waals surface area contributed by atoms with Crippen molar-refractivity contribution in [3.63, 3.8) is 0 Å². The van der Waals surface area contributed by atoms with E-state index in [1.165, 1.54) is 5.56 Å². The zero-order chi connectivity index (χ0) is 16.7. The largest absolute Gasteiger partial charge is 0.389 e. The average Bonchev–Trinajstić information content (AvgIpc) is 2.94. The molecule has 5 nitrogen and oxygen atoms in total. The Labute approximate surface area is 146 Å². The van der Waals surface area contributed by atoms with Crippen LogP contribution in [-0.2, 0) is 4.74 Å². The van der Waals surface area contributed by atoms with Crippen molar-refractivity contribution in [1.82, 2.24) is 14.9 Å². The molecular weight excluding hydrogens is 326 g/mol. The van der Waals surface area contributed by atoms with Crippen molar-refractivity contribution < 1.29 is 9.84 Å². The summed E-state index contributed by atoms with van der Waals surface area (Å²) in [6.07, 6.45) is 5.01. The molecule has 2 aliphatic heterocycles. The number of fused-ring (bicyclic) bond motifs is 1. The van der Waals surface area contributed by atoms with Gasteiger partial charge in [0.2, 0.25) is 0 Å². The number of aromatic nitrogens is 2. The lowest BCUT2D eigenvalue weighted by Gasteiger charge is -2.43. The number of halogens is 1.